The van der Waals surface area contributed by atoms with Crippen LogP contribution in [0.25, 0.3) is 0 Å². The molecule has 0 fully saturated rings. The molecule has 0 bridgehead atoms. The lowest BCUT2D eigenvalue weighted by Crippen LogP contribution is -2.09. The summed E-state index contributed by atoms with van der Waals surface area (Å²) in [6.07, 6.45) is 1.83. The van der Waals surface area contributed by atoms with Gasteiger partial charge in [-0.2, -0.15) is 0 Å². The molecule has 0 aliphatic heterocycles. The Morgan fingerprint density at radius 1 is 1.21 bits per heavy atom. The number of hydrogen-bond acceptors (Lipinski definition) is 3. The molecule has 0 heterocycles. The number of hydrogen-bond donors (Lipinski definition) is 3. The van der Waals surface area contributed by atoms with Crippen molar-refractivity contribution in [1.29, 1.82) is 0 Å². The second-order valence-corrected chi connectivity index (χ2v) is 3.47. The third-order valence-electron chi connectivity index (χ3n) is 2.13. The van der Waals surface area contributed by atoms with Crippen LogP contribution in [-0.4, -0.2) is 21.4 Å². The molecule has 1 aromatic carbocycles. The Balaban J connectivity index is 2.63. The number of rotatable bonds is 4. The normalized spacial score (nSPS) is 12.7. The standard InChI is InChI=1S/C11H16O3/c1-2-3-9(12)6-8-4-5-10(13)11(14)7-8/h4-5,7,9,12-14H,2-3,6H2,1H3. The van der Waals surface area contributed by atoms with Gasteiger partial charge in [0.25, 0.3) is 0 Å². The molecular weight excluding hydrogens is 180 g/mol. The molecule has 1 rings (SSSR count). The lowest BCUT2D eigenvalue weighted by atomic mass is 10.0. The molecule has 1 unspecified atom stereocenters. The van der Waals surface area contributed by atoms with E-state index < -0.39 is 0 Å². The van der Waals surface area contributed by atoms with Crippen molar-refractivity contribution in [3.63, 3.8) is 0 Å². The van der Waals surface area contributed by atoms with E-state index in [9.17, 15) is 10.2 Å². The Morgan fingerprint density at radius 2 is 1.93 bits per heavy atom. The van der Waals surface area contributed by atoms with Crippen molar-refractivity contribution >= 4 is 0 Å². The van der Waals surface area contributed by atoms with E-state index in [-0.39, 0.29) is 17.6 Å². The van der Waals surface area contributed by atoms with Crippen molar-refractivity contribution in [2.45, 2.75) is 32.3 Å². The van der Waals surface area contributed by atoms with Crippen LogP contribution in [0.4, 0.5) is 0 Å². The number of phenolic OH excluding ortho intramolecular Hbond substituents is 2. The molecule has 0 aliphatic carbocycles. The first kappa shape index (κ1) is 10.9. The Labute approximate surface area is 83.6 Å². The van der Waals surface area contributed by atoms with E-state index in [1.165, 1.54) is 12.1 Å². The monoisotopic (exact) mass is 196 g/mol. The van der Waals surface area contributed by atoms with Crippen LogP contribution >= 0.6 is 0 Å². The number of aliphatic hydroxyl groups excluding tert-OH is 1. The molecule has 0 radical (unpaired) electrons. The number of aliphatic hydroxyl groups is 1. The summed E-state index contributed by atoms with van der Waals surface area (Å²) in [5.74, 6) is -0.259. The summed E-state index contributed by atoms with van der Waals surface area (Å²) in [5.41, 5.74) is 0.834. The largest absolute Gasteiger partial charge is 0.504 e. The van der Waals surface area contributed by atoms with Crippen LogP contribution in [0, 0.1) is 0 Å². The van der Waals surface area contributed by atoms with Crippen molar-refractivity contribution in [3.05, 3.63) is 23.8 Å². The van der Waals surface area contributed by atoms with Crippen LogP contribution in [0.15, 0.2) is 18.2 Å². The second-order valence-electron chi connectivity index (χ2n) is 3.47. The number of benzene rings is 1. The van der Waals surface area contributed by atoms with Crippen LogP contribution in [0.5, 0.6) is 11.5 Å². The lowest BCUT2D eigenvalue weighted by Gasteiger charge is -2.09. The van der Waals surface area contributed by atoms with Crippen molar-refractivity contribution in [2.75, 3.05) is 0 Å². The van der Waals surface area contributed by atoms with E-state index in [4.69, 9.17) is 5.11 Å². The molecule has 1 atom stereocenters. The van der Waals surface area contributed by atoms with Gasteiger partial charge in [-0.1, -0.05) is 19.4 Å². The maximum absolute atomic E-state index is 9.52. The van der Waals surface area contributed by atoms with Crippen molar-refractivity contribution in [1.82, 2.24) is 0 Å². The van der Waals surface area contributed by atoms with E-state index in [1.54, 1.807) is 6.07 Å². The zero-order chi connectivity index (χ0) is 10.6. The van der Waals surface area contributed by atoms with Gasteiger partial charge in [0.2, 0.25) is 0 Å². The van der Waals surface area contributed by atoms with Crippen LogP contribution < -0.4 is 0 Å². The average molecular weight is 196 g/mol. The first-order valence-electron chi connectivity index (χ1n) is 4.82. The summed E-state index contributed by atoms with van der Waals surface area (Å²) in [4.78, 5) is 0. The highest BCUT2D eigenvalue weighted by Gasteiger charge is 2.06. The molecule has 14 heavy (non-hydrogen) atoms. The Kier molecular flexibility index (Phi) is 3.77. The average Bonchev–Trinajstić information content (AvgIpc) is 2.12. The fourth-order valence-corrected chi connectivity index (χ4v) is 1.40. The van der Waals surface area contributed by atoms with Gasteiger partial charge in [0, 0.05) is 0 Å². The summed E-state index contributed by atoms with van der Waals surface area (Å²) in [6.45, 7) is 2.01. The smallest absolute Gasteiger partial charge is 0.157 e. The van der Waals surface area contributed by atoms with E-state index in [1.807, 2.05) is 6.92 Å². The summed E-state index contributed by atoms with van der Waals surface area (Å²) >= 11 is 0. The lowest BCUT2D eigenvalue weighted by molar-refractivity contribution is 0.164. The second kappa shape index (κ2) is 4.86. The van der Waals surface area contributed by atoms with E-state index >= 15 is 0 Å². The first-order chi connectivity index (χ1) is 6.63. The van der Waals surface area contributed by atoms with E-state index in [0.717, 1.165) is 18.4 Å². The minimum absolute atomic E-state index is 0.126. The van der Waals surface area contributed by atoms with Gasteiger partial charge in [-0.25, -0.2) is 0 Å². The molecule has 78 valence electrons. The predicted octanol–water partition coefficient (Wildman–Crippen LogP) is 1.80. The topological polar surface area (TPSA) is 60.7 Å². The first-order valence-corrected chi connectivity index (χ1v) is 4.82. The molecule has 3 nitrogen and oxygen atoms in total. The molecule has 3 heteroatoms. The zero-order valence-electron chi connectivity index (χ0n) is 8.27. The van der Waals surface area contributed by atoms with Crippen LogP contribution in [-0.2, 0) is 6.42 Å². The Hall–Kier alpha value is -1.22. The Morgan fingerprint density at radius 3 is 2.50 bits per heavy atom. The zero-order valence-corrected chi connectivity index (χ0v) is 8.27. The van der Waals surface area contributed by atoms with Gasteiger partial charge >= 0.3 is 0 Å². The van der Waals surface area contributed by atoms with Crippen LogP contribution in [0.1, 0.15) is 25.3 Å². The van der Waals surface area contributed by atoms with Crippen molar-refractivity contribution < 1.29 is 15.3 Å². The highest BCUT2D eigenvalue weighted by molar-refractivity contribution is 5.40. The van der Waals surface area contributed by atoms with Crippen LogP contribution in [0.2, 0.25) is 0 Å². The highest BCUT2D eigenvalue weighted by Crippen LogP contribution is 2.25. The third-order valence-corrected chi connectivity index (χ3v) is 2.13. The van der Waals surface area contributed by atoms with Gasteiger partial charge < -0.3 is 15.3 Å². The summed E-state index contributed by atoms with van der Waals surface area (Å²) in [6, 6.07) is 4.62. The molecule has 0 saturated heterocycles. The number of aromatic hydroxyl groups is 2. The molecule has 0 aromatic heterocycles. The molecular formula is C11H16O3. The van der Waals surface area contributed by atoms with Gasteiger partial charge in [0.05, 0.1) is 6.10 Å². The maximum Gasteiger partial charge on any atom is 0.157 e. The summed E-state index contributed by atoms with van der Waals surface area (Å²) in [7, 11) is 0. The SMILES string of the molecule is CCCC(O)Cc1ccc(O)c(O)c1. The van der Waals surface area contributed by atoms with Gasteiger partial charge in [-0.05, 0) is 30.5 Å². The Bertz CT molecular complexity index is 297. The predicted molar refractivity (Wildman–Crippen MR) is 54.4 cm³/mol. The summed E-state index contributed by atoms with van der Waals surface area (Å²) in [5, 5.41) is 27.8. The molecule has 0 aliphatic rings. The van der Waals surface area contributed by atoms with Crippen LogP contribution in [0.3, 0.4) is 0 Å². The van der Waals surface area contributed by atoms with Crippen molar-refractivity contribution in [3.8, 4) is 11.5 Å². The highest BCUT2D eigenvalue weighted by atomic mass is 16.3. The molecule has 0 spiro atoms. The molecule has 3 N–H and O–H groups in total. The summed E-state index contributed by atoms with van der Waals surface area (Å²) < 4.78 is 0. The van der Waals surface area contributed by atoms with Gasteiger partial charge in [-0.3, -0.25) is 0 Å². The maximum atomic E-state index is 9.52. The van der Waals surface area contributed by atoms with E-state index in [2.05, 4.69) is 0 Å². The van der Waals surface area contributed by atoms with E-state index in [0.29, 0.717) is 6.42 Å². The molecule has 0 amide bonds. The van der Waals surface area contributed by atoms with Crippen molar-refractivity contribution in [2.24, 2.45) is 0 Å². The van der Waals surface area contributed by atoms with Gasteiger partial charge in [0.15, 0.2) is 11.5 Å². The third kappa shape index (κ3) is 2.92. The fourth-order valence-electron chi connectivity index (χ4n) is 1.40. The molecule has 1 aromatic rings. The van der Waals surface area contributed by atoms with Gasteiger partial charge in [0.1, 0.15) is 0 Å². The number of phenols is 2. The quantitative estimate of drug-likeness (QED) is 0.643. The fraction of sp³-hybridized carbons (Fsp3) is 0.455. The minimum Gasteiger partial charge on any atom is -0.504 e. The molecule has 0 saturated carbocycles. The van der Waals surface area contributed by atoms with Gasteiger partial charge in [-0.15, -0.1) is 0 Å². The minimum atomic E-state index is -0.371.